The third kappa shape index (κ3) is 8.45. The molecule has 0 bridgehead atoms. The van der Waals surface area contributed by atoms with Gasteiger partial charge < -0.3 is 24.8 Å². The molecule has 1 heterocycles. The van der Waals surface area contributed by atoms with Gasteiger partial charge in [0.15, 0.2) is 0 Å². The van der Waals surface area contributed by atoms with Gasteiger partial charge in [0.25, 0.3) is 0 Å². The van der Waals surface area contributed by atoms with Crippen molar-refractivity contribution in [3.8, 4) is 0 Å². The van der Waals surface area contributed by atoms with Gasteiger partial charge in [-0.2, -0.15) is 0 Å². The van der Waals surface area contributed by atoms with Crippen LogP contribution in [0.15, 0.2) is 0 Å². The third-order valence-corrected chi connectivity index (χ3v) is 4.57. The topological polar surface area (TPSA) is 79.2 Å². The zero-order valence-electron chi connectivity index (χ0n) is 14.7. The highest BCUT2D eigenvalue weighted by Crippen LogP contribution is 2.20. The summed E-state index contributed by atoms with van der Waals surface area (Å²) in [6, 6.07) is 0. The molecule has 0 radical (unpaired) electrons. The number of ether oxygens (including phenoxy) is 2. The number of aliphatic hydroxyl groups excluding tert-OH is 3. The Morgan fingerprint density at radius 1 is 0.957 bits per heavy atom. The van der Waals surface area contributed by atoms with E-state index in [-0.39, 0.29) is 13.2 Å². The fraction of sp³-hybridized carbons (Fsp3) is 1.00. The lowest BCUT2D eigenvalue weighted by atomic mass is 10.1. The van der Waals surface area contributed by atoms with Gasteiger partial charge in [0.05, 0.1) is 13.2 Å². The maximum atomic E-state index is 9.77. The standard InChI is InChI=1S/C18H36O5/c1-2-3-4-5-6-7-8-9-10-11-12-22-16(13-19)18-17(21)15(20)14-23-18/h15-21H,2-14H2,1H3/t15-,16?,17+,18+/m0/s1. The van der Waals surface area contributed by atoms with Crippen molar-refractivity contribution >= 4 is 0 Å². The lowest BCUT2D eigenvalue weighted by Gasteiger charge is -2.24. The quantitative estimate of drug-likeness (QED) is 0.426. The normalized spacial score (nSPS) is 25.8. The SMILES string of the molecule is CCCCCCCCCCCCOC(CO)[C@H]1OC[C@H](O)[C@H]1O. The maximum Gasteiger partial charge on any atom is 0.114 e. The van der Waals surface area contributed by atoms with Crippen LogP contribution in [0, 0.1) is 0 Å². The zero-order chi connectivity index (χ0) is 16.9. The molecule has 4 atom stereocenters. The van der Waals surface area contributed by atoms with Crippen LogP contribution >= 0.6 is 0 Å². The molecular weight excluding hydrogens is 296 g/mol. The molecule has 138 valence electrons. The molecule has 0 aromatic carbocycles. The van der Waals surface area contributed by atoms with E-state index in [2.05, 4.69) is 6.92 Å². The minimum absolute atomic E-state index is 0.101. The average molecular weight is 332 g/mol. The van der Waals surface area contributed by atoms with E-state index in [1.807, 2.05) is 0 Å². The summed E-state index contributed by atoms with van der Waals surface area (Å²) in [5, 5.41) is 28.6. The Kier molecular flexibility index (Phi) is 11.9. The van der Waals surface area contributed by atoms with Crippen molar-refractivity contribution in [2.24, 2.45) is 0 Å². The summed E-state index contributed by atoms with van der Waals surface area (Å²) < 4.78 is 10.9. The molecule has 5 heteroatoms. The summed E-state index contributed by atoms with van der Waals surface area (Å²) in [6.07, 6.45) is 9.63. The molecule has 1 rings (SSSR count). The summed E-state index contributed by atoms with van der Waals surface area (Å²) in [7, 11) is 0. The van der Waals surface area contributed by atoms with Crippen molar-refractivity contribution < 1.29 is 24.8 Å². The lowest BCUT2D eigenvalue weighted by molar-refractivity contribution is -0.101. The second kappa shape index (κ2) is 13.1. The number of hydrogen-bond donors (Lipinski definition) is 3. The second-order valence-corrected chi connectivity index (χ2v) is 6.63. The van der Waals surface area contributed by atoms with E-state index in [0.717, 1.165) is 12.8 Å². The van der Waals surface area contributed by atoms with Gasteiger partial charge in [0.2, 0.25) is 0 Å². The Labute approximate surface area is 141 Å². The molecular formula is C18H36O5. The van der Waals surface area contributed by atoms with Gasteiger partial charge in [-0.3, -0.25) is 0 Å². The van der Waals surface area contributed by atoms with E-state index in [1.165, 1.54) is 51.4 Å². The monoisotopic (exact) mass is 332 g/mol. The molecule has 23 heavy (non-hydrogen) atoms. The summed E-state index contributed by atoms with van der Waals surface area (Å²) in [6.45, 7) is 2.70. The molecule has 1 fully saturated rings. The molecule has 0 aromatic rings. The molecule has 0 amide bonds. The van der Waals surface area contributed by atoms with Gasteiger partial charge in [0.1, 0.15) is 24.4 Å². The van der Waals surface area contributed by atoms with Crippen molar-refractivity contribution in [2.75, 3.05) is 19.8 Å². The second-order valence-electron chi connectivity index (χ2n) is 6.63. The smallest absolute Gasteiger partial charge is 0.114 e. The summed E-state index contributed by atoms with van der Waals surface area (Å²) >= 11 is 0. The number of hydrogen-bond acceptors (Lipinski definition) is 5. The van der Waals surface area contributed by atoms with Crippen molar-refractivity contribution in [3.05, 3.63) is 0 Å². The van der Waals surface area contributed by atoms with Crippen LogP contribution in [-0.2, 0) is 9.47 Å². The molecule has 0 aromatic heterocycles. The van der Waals surface area contributed by atoms with Gasteiger partial charge >= 0.3 is 0 Å². The first kappa shape index (κ1) is 20.8. The van der Waals surface area contributed by atoms with Gasteiger partial charge in [-0.1, -0.05) is 64.7 Å². The number of aliphatic hydroxyl groups is 3. The van der Waals surface area contributed by atoms with Crippen LogP contribution in [0.4, 0.5) is 0 Å². The van der Waals surface area contributed by atoms with Crippen LogP contribution in [0.3, 0.4) is 0 Å². The first-order valence-corrected chi connectivity index (χ1v) is 9.40. The van der Waals surface area contributed by atoms with Crippen molar-refractivity contribution in [1.29, 1.82) is 0 Å². The van der Waals surface area contributed by atoms with Gasteiger partial charge in [0, 0.05) is 6.61 Å². The van der Waals surface area contributed by atoms with E-state index in [1.54, 1.807) is 0 Å². The largest absolute Gasteiger partial charge is 0.394 e. The molecule has 5 nitrogen and oxygen atoms in total. The maximum absolute atomic E-state index is 9.77. The molecule has 0 saturated carbocycles. The summed E-state index contributed by atoms with van der Waals surface area (Å²) in [5.74, 6) is 0. The highest BCUT2D eigenvalue weighted by Gasteiger charge is 2.40. The van der Waals surface area contributed by atoms with Crippen LogP contribution in [0.2, 0.25) is 0 Å². The average Bonchev–Trinajstić information content (AvgIpc) is 2.88. The Balaban J connectivity index is 1.95. The van der Waals surface area contributed by atoms with E-state index in [9.17, 15) is 15.3 Å². The van der Waals surface area contributed by atoms with Crippen LogP contribution in [0.5, 0.6) is 0 Å². The van der Waals surface area contributed by atoms with Gasteiger partial charge in [-0.05, 0) is 6.42 Å². The molecule has 0 aliphatic carbocycles. The molecule has 1 unspecified atom stereocenters. The first-order chi connectivity index (χ1) is 11.2. The van der Waals surface area contributed by atoms with Crippen LogP contribution in [0.1, 0.15) is 71.1 Å². The third-order valence-electron chi connectivity index (χ3n) is 4.57. The molecule has 3 N–H and O–H groups in total. The minimum atomic E-state index is -0.972. The van der Waals surface area contributed by atoms with Crippen LogP contribution in [-0.4, -0.2) is 59.6 Å². The number of unbranched alkanes of at least 4 members (excludes halogenated alkanes) is 9. The van der Waals surface area contributed by atoms with Crippen molar-refractivity contribution in [2.45, 2.75) is 95.5 Å². The molecule has 1 aliphatic heterocycles. The van der Waals surface area contributed by atoms with Crippen molar-refractivity contribution in [3.63, 3.8) is 0 Å². The first-order valence-electron chi connectivity index (χ1n) is 9.40. The highest BCUT2D eigenvalue weighted by molar-refractivity contribution is 4.88. The number of rotatable bonds is 14. The van der Waals surface area contributed by atoms with Gasteiger partial charge in [-0.15, -0.1) is 0 Å². The van der Waals surface area contributed by atoms with E-state index < -0.39 is 24.4 Å². The van der Waals surface area contributed by atoms with Crippen LogP contribution in [0.25, 0.3) is 0 Å². The van der Waals surface area contributed by atoms with Gasteiger partial charge in [-0.25, -0.2) is 0 Å². The predicted octanol–water partition coefficient (Wildman–Crippen LogP) is 2.41. The predicted molar refractivity (Wildman–Crippen MR) is 90.4 cm³/mol. The van der Waals surface area contributed by atoms with E-state index in [0.29, 0.717) is 6.61 Å². The minimum Gasteiger partial charge on any atom is -0.394 e. The van der Waals surface area contributed by atoms with E-state index >= 15 is 0 Å². The van der Waals surface area contributed by atoms with Crippen molar-refractivity contribution in [1.82, 2.24) is 0 Å². The van der Waals surface area contributed by atoms with Crippen LogP contribution < -0.4 is 0 Å². The molecule has 1 aliphatic rings. The Bertz CT molecular complexity index is 274. The fourth-order valence-electron chi connectivity index (χ4n) is 3.03. The molecule has 0 spiro atoms. The Morgan fingerprint density at radius 3 is 2.00 bits per heavy atom. The Morgan fingerprint density at radius 2 is 1.52 bits per heavy atom. The van der Waals surface area contributed by atoms with E-state index in [4.69, 9.17) is 9.47 Å². The Hall–Kier alpha value is -0.200. The zero-order valence-corrected chi connectivity index (χ0v) is 14.7. The lowest BCUT2D eigenvalue weighted by Crippen LogP contribution is -2.42. The summed E-state index contributed by atoms with van der Waals surface area (Å²) in [5.41, 5.74) is 0. The summed E-state index contributed by atoms with van der Waals surface area (Å²) in [4.78, 5) is 0. The highest BCUT2D eigenvalue weighted by atomic mass is 16.6. The fourth-order valence-corrected chi connectivity index (χ4v) is 3.03. The molecule has 1 saturated heterocycles.